The lowest BCUT2D eigenvalue weighted by molar-refractivity contribution is -0.116. The topological polar surface area (TPSA) is 86.5 Å². The van der Waals surface area contributed by atoms with Crippen molar-refractivity contribution in [1.29, 1.82) is 0 Å². The molecule has 0 aliphatic carbocycles. The number of halogens is 1. The summed E-state index contributed by atoms with van der Waals surface area (Å²) in [5.74, 6) is 1.20. The molecule has 28 heavy (non-hydrogen) atoms. The van der Waals surface area contributed by atoms with E-state index in [1.807, 2.05) is 18.2 Å². The number of carbonyl (C=O) groups excluding carboxylic acids is 1. The molecule has 1 aromatic carbocycles. The van der Waals surface area contributed by atoms with Crippen LogP contribution < -0.4 is 10.1 Å². The van der Waals surface area contributed by atoms with E-state index in [1.54, 1.807) is 37.7 Å². The van der Waals surface area contributed by atoms with Gasteiger partial charge in [0.15, 0.2) is 11.7 Å². The quantitative estimate of drug-likeness (QED) is 0.545. The Hall–Kier alpha value is -2.90. The monoisotopic (exact) mass is 401 g/mol. The fraction of sp³-hybridized carbons (Fsp3) is 0.250. The molecule has 3 aromatic rings. The number of pyridine rings is 1. The summed E-state index contributed by atoms with van der Waals surface area (Å²) in [5.41, 5.74) is 1.27. The molecule has 7 nitrogen and oxygen atoms in total. The minimum Gasteiger partial charge on any atom is -0.474 e. The van der Waals surface area contributed by atoms with Crippen LogP contribution in [0.4, 0.5) is 5.69 Å². The summed E-state index contributed by atoms with van der Waals surface area (Å²) < 4.78 is 16.2. The van der Waals surface area contributed by atoms with Crippen LogP contribution in [0.25, 0.3) is 11.3 Å². The number of benzene rings is 1. The largest absolute Gasteiger partial charge is 0.474 e. The van der Waals surface area contributed by atoms with Crippen LogP contribution in [0.15, 0.2) is 53.2 Å². The summed E-state index contributed by atoms with van der Waals surface area (Å²) in [4.78, 5) is 20.6. The summed E-state index contributed by atoms with van der Waals surface area (Å²) in [6.45, 7) is 0.777. The number of hydrogen-bond acceptors (Lipinski definition) is 6. The molecule has 146 valence electrons. The molecule has 8 heteroatoms. The van der Waals surface area contributed by atoms with Gasteiger partial charge in [-0.15, -0.1) is 0 Å². The Morgan fingerprint density at radius 1 is 1.18 bits per heavy atom. The van der Waals surface area contributed by atoms with E-state index in [-0.39, 0.29) is 12.3 Å². The van der Waals surface area contributed by atoms with Gasteiger partial charge in [0.2, 0.25) is 11.8 Å². The van der Waals surface area contributed by atoms with Crippen molar-refractivity contribution in [2.45, 2.75) is 12.8 Å². The average molecular weight is 402 g/mol. The Morgan fingerprint density at radius 3 is 2.86 bits per heavy atom. The lowest BCUT2D eigenvalue weighted by Crippen LogP contribution is -2.14. The first-order valence-corrected chi connectivity index (χ1v) is 9.11. The third-order valence-electron chi connectivity index (χ3n) is 3.83. The van der Waals surface area contributed by atoms with Gasteiger partial charge in [-0.3, -0.25) is 4.79 Å². The normalized spacial score (nSPS) is 10.6. The number of nitrogens with one attached hydrogen (secondary N) is 1. The smallest absolute Gasteiger partial charge is 0.237 e. The van der Waals surface area contributed by atoms with Crippen molar-refractivity contribution in [1.82, 2.24) is 9.97 Å². The van der Waals surface area contributed by atoms with E-state index in [4.69, 9.17) is 25.5 Å². The van der Waals surface area contributed by atoms with Crippen molar-refractivity contribution in [3.63, 3.8) is 0 Å². The van der Waals surface area contributed by atoms with E-state index in [2.05, 4.69) is 15.3 Å². The highest BCUT2D eigenvalue weighted by molar-refractivity contribution is 6.33. The zero-order valence-corrected chi connectivity index (χ0v) is 16.1. The maximum absolute atomic E-state index is 12.3. The molecule has 0 spiro atoms. The minimum atomic E-state index is -0.193. The molecule has 1 amide bonds. The molecule has 0 aliphatic rings. The van der Waals surface area contributed by atoms with Gasteiger partial charge in [-0.2, -0.15) is 0 Å². The Balaban J connectivity index is 1.56. The third kappa shape index (κ3) is 5.31. The molecule has 2 heterocycles. The number of rotatable bonds is 9. The number of ether oxygens (including phenoxy) is 2. The summed E-state index contributed by atoms with van der Waals surface area (Å²) >= 11 is 6.17. The van der Waals surface area contributed by atoms with Crippen molar-refractivity contribution in [3.05, 3.63) is 59.7 Å². The number of aryl methyl sites for hydroxylation is 1. The van der Waals surface area contributed by atoms with Crippen LogP contribution in [0, 0.1) is 0 Å². The van der Waals surface area contributed by atoms with Gasteiger partial charge in [-0.1, -0.05) is 23.7 Å². The standard InChI is InChI=1S/C20H20ClN3O4/c1-26-11-12-27-20-16(7-4-10-22-20)24-18(25)8-9-19-23-13-17(28-19)14-5-2-3-6-15(14)21/h2-7,10,13H,8-9,11-12H2,1H3,(H,24,25). The van der Waals surface area contributed by atoms with Crippen LogP contribution in [0.3, 0.4) is 0 Å². The molecular formula is C20H20ClN3O4. The molecule has 1 N–H and O–H groups in total. The number of hydrogen-bond donors (Lipinski definition) is 1. The molecule has 0 atom stereocenters. The second-order valence-electron chi connectivity index (χ2n) is 5.84. The number of methoxy groups -OCH3 is 1. The van der Waals surface area contributed by atoms with Gasteiger partial charge in [0.1, 0.15) is 12.3 Å². The van der Waals surface area contributed by atoms with Crippen LogP contribution in [-0.4, -0.2) is 36.2 Å². The SMILES string of the molecule is COCCOc1ncccc1NC(=O)CCc1ncc(-c2ccccc2Cl)o1. The van der Waals surface area contributed by atoms with Crippen LogP contribution in [0.2, 0.25) is 5.02 Å². The first-order chi connectivity index (χ1) is 13.7. The van der Waals surface area contributed by atoms with E-state index in [9.17, 15) is 4.79 Å². The predicted octanol–water partition coefficient (Wildman–Crippen LogP) is 3.99. The molecule has 0 saturated carbocycles. The Bertz CT molecular complexity index is 929. The zero-order valence-electron chi connectivity index (χ0n) is 15.4. The molecule has 3 rings (SSSR count). The highest BCUT2D eigenvalue weighted by Gasteiger charge is 2.13. The maximum atomic E-state index is 12.3. The zero-order chi connectivity index (χ0) is 19.8. The molecule has 0 fully saturated rings. The number of anilines is 1. The van der Waals surface area contributed by atoms with Crippen molar-refractivity contribution in [2.24, 2.45) is 0 Å². The van der Waals surface area contributed by atoms with Gasteiger partial charge in [0, 0.05) is 31.7 Å². The second kappa shape index (κ2) is 9.87. The predicted molar refractivity (Wildman–Crippen MR) is 106 cm³/mol. The molecule has 0 bridgehead atoms. The van der Waals surface area contributed by atoms with E-state index in [0.29, 0.717) is 47.9 Å². The fourth-order valence-electron chi connectivity index (χ4n) is 2.47. The van der Waals surface area contributed by atoms with Gasteiger partial charge in [0.05, 0.1) is 17.8 Å². The maximum Gasteiger partial charge on any atom is 0.237 e. The number of carbonyl (C=O) groups is 1. The molecular weight excluding hydrogens is 382 g/mol. The van der Waals surface area contributed by atoms with Crippen molar-refractivity contribution >= 4 is 23.2 Å². The molecule has 0 unspecified atom stereocenters. The van der Waals surface area contributed by atoms with E-state index < -0.39 is 0 Å². The van der Waals surface area contributed by atoms with Crippen molar-refractivity contribution in [3.8, 4) is 17.2 Å². The summed E-state index contributed by atoms with van der Waals surface area (Å²) in [6.07, 6.45) is 3.77. The third-order valence-corrected chi connectivity index (χ3v) is 4.16. The summed E-state index contributed by atoms with van der Waals surface area (Å²) in [7, 11) is 1.59. The highest BCUT2D eigenvalue weighted by Crippen LogP contribution is 2.28. The molecule has 2 aromatic heterocycles. The molecule has 0 saturated heterocycles. The Kier molecular flexibility index (Phi) is 7.00. The van der Waals surface area contributed by atoms with Crippen molar-refractivity contribution < 1.29 is 18.7 Å². The fourth-order valence-corrected chi connectivity index (χ4v) is 2.70. The van der Waals surface area contributed by atoms with Crippen LogP contribution >= 0.6 is 11.6 Å². The van der Waals surface area contributed by atoms with Gasteiger partial charge < -0.3 is 19.2 Å². The van der Waals surface area contributed by atoms with Gasteiger partial charge in [-0.25, -0.2) is 9.97 Å². The number of nitrogens with zero attached hydrogens (tertiary/aromatic N) is 2. The lowest BCUT2D eigenvalue weighted by Gasteiger charge is -2.10. The van der Waals surface area contributed by atoms with E-state index in [0.717, 1.165) is 5.56 Å². The van der Waals surface area contributed by atoms with Crippen LogP contribution in [-0.2, 0) is 16.0 Å². The van der Waals surface area contributed by atoms with Gasteiger partial charge >= 0.3 is 0 Å². The molecule has 0 radical (unpaired) electrons. The summed E-state index contributed by atoms with van der Waals surface area (Å²) in [5, 5.41) is 3.38. The molecule has 0 aliphatic heterocycles. The van der Waals surface area contributed by atoms with Crippen LogP contribution in [0.1, 0.15) is 12.3 Å². The minimum absolute atomic E-state index is 0.193. The van der Waals surface area contributed by atoms with E-state index in [1.165, 1.54) is 0 Å². The average Bonchev–Trinajstić information content (AvgIpc) is 3.17. The lowest BCUT2D eigenvalue weighted by atomic mass is 10.2. The van der Waals surface area contributed by atoms with Gasteiger partial charge in [-0.05, 0) is 24.3 Å². The highest BCUT2D eigenvalue weighted by atomic mass is 35.5. The Labute approximate surface area is 167 Å². The van der Waals surface area contributed by atoms with Crippen molar-refractivity contribution in [2.75, 3.05) is 25.6 Å². The number of amides is 1. The summed E-state index contributed by atoms with van der Waals surface area (Å²) in [6, 6.07) is 10.8. The number of aromatic nitrogens is 2. The number of oxazole rings is 1. The second-order valence-corrected chi connectivity index (χ2v) is 6.25. The Morgan fingerprint density at radius 2 is 2.04 bits per heavy atom. The van der Waals surface area contributed by atoms with E-state index >= 15 is 0 Å². The van der Waals surface area contributed by atoms with Gasteiger partial charge in [0.25, 0.3) is 0 Å². The first-order valence-electron chi connectivity index (χ1n) is 8.73. The van der Waals surface area contributed by atoms with Crippen LogP contribution in [0.5, 0.6) is 5.88 Å². The first kappa shape index (κ1) is 19.9.